The van der Waals surface area contributed by atoms with Crippen LogP contribution in [0, 0.1) is 6.92 Å². The summed E-state index contributed by atoms with van der Waals surface area (Å²) in [6.45, 7) is 1.96. The van der Waals surface area contributed by atoms with Gasteiger partial charge in [-0.1, -0.05) is 6.07 Å². The fourth-order valence-corrected chi connectivity index (χ4v) is 1.95. The smallest absolute Gasteiger partial charge is 0.332 e. The number of carboxylic acids is 1. The number of aliphatic hydroxyl groups is 1. The number of aliphatic hydroxyl groups excluding tert-OH is 1. The number of rotatable bonds is 6. The van der Waals surface area contributed by atoms with Crippen LogP contribution >= 0.6 is 11.8 Å². The Balaban J connectivity index is 2.61. The van der Waals surface area contributed by atoms with Gasteiger partial charge in [0.2, 0.25) is 0 Å². The third-order valence-electron chi connectivity index (χ3n) is 2.68. The molecule has 0 spiro atoms. The van der Waals surface area contributed by atoms with Gasteiger partial charge in [-0.25, -0.2) is 4.79 Å². The molecular weight excluding hydrogens is 266 g/mol. The van der Waals surface area contributed by atoms with Gasteiger partial charge in [0.25, 0.3) is 5.91 Å². The topological polar surface area (TPSA) is 86.6 Å². The number of thioether (sulfide) groups is 1. The summed E-state index contributed by atoms with van der Waals surface area (Å²) < 4.78 is 0. The molecule has 19 heavy (non-hydrogen) atoms. The van der Waals surface area contributed by atoms with E-state index in [1.165, 1.54) is 0 Å². The summed E-state index contributed by atoms with van der Waals surface area (Å²) >= 11 is 1.54. The second-order valence-corrected chi connectivity index (χ2v) is 4.96. The average Bonchev–Trinajstić information content (AvgIpc) is 2.38. The molecule has 0 aliphatic heterocycles. The Morgan fingerprint density at radius 2 is 2.11 bits per heavy atom. The molecule has 0 saturated carbocycles. The van der Waals surface area contributed by atoms with Crippen molar-refractivity contribution >= 4 is 23.6 Å². The molecule has 104 valence electrons. The minimum Gasteiger partial charge on any atom is -0.479 e. The van der Waals surface area contributed by atoms with Gasteiger partial charge in [0, 0.05) is 23.4 Å². The highest BCUT2D eigenvalue weighted by atomic mass is 32.2. The van der Waals surface area contributed by atoms with Crippen LogP contribution in [0.1, 0.15) is 22.3 Å². The number of hydrogen-bond acceptors (Lipinski definition) is 4. The van der Waals surface area contributed by atoms with E-state index in [1.54, 1.807) is 17.8 Å². The molecule has 1 aromatic rings. The van der Waals surface area contributed by atoms with Gasteiger partial charge >= 0.3 is 5.97 Å². The zero-order chi connectivity index (χ0) is 14.4. The van der Waals surface area contributed by atoms with Crippen LogP contribution in [0.25, 0.3) is 0 Å². The third kappa shape index (κ3) is 4.57. The third-order valence-corrected chi connectivity index (χ3v) is 3.40. The molecule has 3 N–H and O–H groups in total. The number of amides is 1. The Morgan fingerprint density at radius 3 is 2.68 bits per heavy atom. The minimum atomic E-state index is -1.45. The average molecular weight is 283 g/mol. The highest BCUT2D eigenvalue weighted by molar-refractivity contribution is 7.98. The maximum Gasteiger partial charge on any atom is 0.332 e. The molecule has 0 saturated heterocycles. The number of carbonyl (C=O) groups is 2. The number of benzene rings is 1. The molecule has 0 fully saturated rings. The second kappa shape index (κ2) is 7.16. The lowest BCUT2D eigenvalue weighted by Gasteiger charge is -2.10. The SMILES string of the molecule is CSc1ccc(C)c(C(=O)NCC[C@H](O)C(=O)O)c1. The van der Waals surface area contributed by atoms with Crippen LogP contribution in [0.2, 0.25) is 0 Å². The van der Waals surface area contributed by atoms with Crippen LogP contribution < -0.4 is 5.32 Å². The largest absolute Gasteiger partial charge is 0.479 e. The molecule has 0 aliphatic rings. The molecule has 1 atom stereocenters. The maximum atomic E-state index is 11.9. The molecule has 1 amide bonds. The van der Waals surface area contributed by atoms with Crippen molar-refractivity contribution in [2.24, 2.45) is 0 Å². The first kappa shape index (κ1) is 15.5. The summed E-state index contributed by atoms with van der Waals surface area (Å²) in [4.78, 5) is 23.3. The van der Waals surface area contributed by atoms with Crippen molar-refractivity contribution in [3.8, 4) is 0 Å². The lowest BCUT2D eigenvalue weighted by atomic mass is 10.1. The summed E-state index contributed by atoms with van der Waals surface area (Å²) in [5.41, 5.74) is 1.42. The van der Waals surface area contributed by atoms with Crippen LogP contribution in [-0.2, 0) is 4.79 Å². The summed E-state index contributed by atoms with van der Waals surface area (Å²) in [5, 5.41) is 20.2. The van der Waals surface area contributed by atoms with E-state index in [0.29, 0.717) is 5.56 Å². The number of aliphatic carboxylic acids is 1. The molecule has 0 aliphatic carbocycles. The summed E-state index contributed by atoms with van der Waals surface area (Å²) in [6.07, 6.45) is 0.469. The highest BCUT2D eigenvalue weighted by Crippen LogP contribution is 2.18. The number of carboxylic acid groups (broad SMARTS) is 1. The Labute approximate surface area is 116 Å². The first-order valence-corrected chi connectivity index (χ1v) is 7.02. The molecule has 0 radical (unpaired) electrons. The van der Waals surface area contributed by atoms with E-state index in [4.69, 9.17) is 10.2 Å². The van der Waals surface area contributed by atoms with Gasteiger partial charge in [-0.2, -0.15) is 0 Å². The molecule has 5 nitrogen and oxygen atoms in total. The quantitative estimate of drug-likeness (QED) is 0.685. The predicted molar refractivity (Wildman–Crippen MR) is 73.6 cm³/mol. The van der Waals surface area contributed by atoms with Crippen LogP contribution in [0.3, 0.4) is 0 Å². The Kier molecular flexibility index (Phi) is 5.85. The van der Waals surface area contributed by atoms with Crippen LogP contribution in [0.4, 0.5) is 0 Å². The molecular formula is C13H17NO4S. The molecule has 1 rings (SSSR count). The van der Waals surface area contributed by atoms with Crippen molar-refractivity contribution in [1.82, 2.24) is 5.32 Å². The van der Waals surface area contributed by atoms with Gasteiger partial charge in [-0.3, -0.25) is 4.79 Å². The van der Waals surface area contributed by atoms with Crippen molar-refractivity contribution in [3.05, 3.63) is 29.3 Å². The zero-order valence-corrected chi connectivity index (χ0v) is 11.7. The Bertz CT molecular complexity index is 476. The van der Waals surface area contributed by atoms with Crippen molar-refractivity contribution in [3.63, 3.8) is 0 Å². The lowest BCUT2D eigenvalue weighted by molar-refractivity contribution is -0.146. The van der Waals surface area contributed by atoms with E-state index >= 15 is 0 Å². The van der Waals surface area contributed by atoms with Crippen LogP contribution in [-0.4, -0.2) is 41.0 Å². The molecule has 0 aromatic heterocycles. The van der Waals surface area contributed by atoms with Gasteiger partial charge in [0.1, 0.15) is 0 Å². The normalized spacial score (nSPS) is 11.9. The zero-order valence-electron chi connectivity index (χ0n) is 10.8. The molecule has 6 heteroatoms. The van der Waals surface area contributed by atoms with Gasteiger partial charge in [-0.15, -0.1) is 11.8 Å². The van der Waals surface area contributed by atoms with E-state index in [9.17, 15) is 9.59 Å². The number of carbonyl (C=O) groups excluding carboxylic acids is 1. The number of aryl methyl sites for hydroxylation is 1. The van der Waals surface area contributed by atoms with Crippen molar-refractivity contribution in [1.29, 1.82) is 0 Å². The first-order valence-electron chi connectivity index (χ1n) is 5.79. The van der Waals surface area contributed by atoms with Crippen molar-refractivity contribution < 1.29 is 19.8 Å². The number of hydrogen-bond donors (Lipinski definition) is 3. The van der Waals surface area contributed by atoms with E-state index in [1.807, 2.05) is 25.3 Å². The Hall–Kier alpha value is -1.53. The monoisotopic (exact) mass is 283 g/mol. The minimum absolute atomic E-state index is 0.0116. The lowest BCUT2D eigenvalue weighted by Crippen LogP contribution is -2.30. The highest BCUT2D eigenvalue weighted by Gasteiger charge is 2.14. The standard InChI is InChI=1S/C13H17NO4S/c1-8-3-4-9(19-2)7-10(8)12(16)14-6-5-11(15)13(17)18/h3-4,7,11,15H,5-6H2,1-2H3,(H,14,16)(H,17,18)/t11-/m0/s1. The van der Waals surface area contributed by atoms with Crippen molar-refractivity contribution in [2.45, 2.75) is 24.3 Å². The predicted octanol–water partition coefficient (Wildman–Crippen LogP) is 1.28. The van der Waals surface area contributed by atoms with Gasteiger partial charge < -0.3 is 15.5 Å². The number of nitrogens with one attached hydrogen (secondary N) is 1. The molecule has 0 bridgehead atoms. The van der Waals surface area contributed by atoms with Crippen LogP contribution in [0.5, 0.6) is 0 Å². The molecule has 0 heterocycles. The van der Waals surface area contributed by atoms with E-state index in [2.05, 4.69) is 5.32 Å². The van der Waals surface area contributed by atoms with Crippen molar-refractivity contribution in [2.75, 3.05) is 12.8 Å². The summed E-state index contributed by atoms with van der Waals surface area (Å²) in [5.74, 6) is -1.54. The van der Waals surface area contributed by atoms with Crippen LogP contribution in [0.15, 0.2) is 23.1 Å². The summed E-state index contributed by atoms with van der Waals surface area (Å²) in [6, 6.07) is 5.60. The maximum absolute atomic E-state index is 11.9. The van der Waals surface area contributed by atoms with E-state index < -0.39 is 12.1 Å². The van der Waals surface area contributed by atoms with Gasteiger partial charge in [0.05, 0.1) is 0 Å². The fraction of sp³-hybridized carbons (Fsp3) is 0.385. The molecule has 0 unspecified atom stereocenters. The first-order chi connectivity index (χ1) is 8.95. The van der Waals surface area contributed by atoms with Gasteiger partial charge in [-0.05, 0) is 30.9 Å². The van der Waals surface area contributed by atoms with E-state index in [-0.39, 0.29) is 18.9 Å². The fourth-order valence-electron chi connectivity index (χ4n) is 1.51. The molecule has 1 aromatic carbocycles. The second-order valence-electron chi connectivity index (χ2n) is 4.08. The summed E-state index contributed by atoms with van der Waals surface area (Å²) in [7, 11) is 0. The van der Waals surface area contributed by atoms with E-state index in [0.717, 1.165) is 10.5 Å². The Morgan fingerprint density at radius 1 is 1.42 bits per heavy atom. The van der Waals surface area contributed by atoms with Gasteiger partial charge in [0.15, 0.2) is 6.10 Å².